The molecule has 1 aliphatic heterocycles. The van der Waals surface area contributed by atoms with Crippen LogP contribution in [0.1, 0.15) is 30.5 Å². The van der Waals surface area contributed by atoms with Crippen LogP contribution in [0, 0.1) is 6.92 Å². The average molecular weight is 392 g/mol. The van der Waals surface area contributed by atoms with Crippen molar-refractivity contribution in [3.05, 3.63) is 82.5 Å². The Hall–Kier alpha value is -3.12. The van der Waals surface area contributed by atoms with Crippen LogP contribution in [0.15, 0.2) is 65.7 Å². The Labute approximate surface area is 169 Å². The lowest BCUT2D eigenvalue weighted by molar-refractivity contribution is -0.105. The molecule has 1 atom stereocenters. The third kappa shape index (κ3) is 5.03. The van der Waals surface area contributed by atoms with E-state index in [0.29, 0.717) is 12.4 Å². The molecule has 1 fully saturated rings. The largest absolute Gasteiger partial charge is 0.489 e. The molecule has 0 aliphatic carbocycles. The van der Waals surface area contributed by atoms with Crippen LogP contribution in [-0.2, 0) is 11.3 Å². The van der Waals surface area contributed by atoms with Crippen molar-refractivity contribution in [1.29, 1.82) is 0 Å². The Morgan fingerprint density at radius 3 is 2.66 bits per heavy atom. The number of benzene rings is 1. The van der Waals surface area contributed by atoms with Gasteiger partial charge in [0, 0.05) is 41.8 Å². The maximum atomic E-state index is 12.5. The van der Waals surface area contributed by atoms with Crippen molar-refractivity contribution >= 4 is 0 Å². The van der Waals surface area contributed by atoms with Crippen LogP contribution in [0.5, 0.6) is 11.5 Å². The summed E-state index contributed by atoms with van der Waals surface area (Å²) in [5, 5.41) is 0. The van der Waals surface area contributed by atoms with Gasteiger partial charge in [-0.15, -0.1) is 0 Å². The fourth-order valence-electron chi connectivity index (χ4n) is 3.16. The predicted molar refractivity (Wildman–Crippen MR) is 110 cm³/mol. The minimum atomic E-state index is -0.183. The summed E-state index contributed by atoms with van der Waals surface area (Å²) in [4.78, 5) is 16.8. The van der Waals surface area contributed by atoms with Crippen molar-refractivity contribution in [3.63, 3.8) is 0 Å². The first-order chi connectivity index (χ1) is 14.2. The molecule has 1 saturated heterocycles. The molecule has 6 heteroatoms. The number of aromatic nitrogens is 2. The summed E-state index contributed by atoms with van der Waals surface area (Å²) in [6.45, 7) is 3.05. The Balaban J connectivity index is 1.40. The smallest absolute Gasteiger partial charge is 0.258 e. The number of nitrogens with zero attached hydrogens (tertiary/aromatic N) is 2. The lowest BCUT2D eigenvalue weighted by atomic mass is 10.2. The highest BCUT2D eigenvalue weighted by atomic mass is 16.7. The first kappa shape index (κ1) is 19.2. The quantitative estimate of drug-likeness (QED) is 0.634. The van der Waals surface area contributed by atoms with E-state index in [4.69, 9.17) is 14.2 Å². The molecule has 0 saturated carbocycles. The number of ether oxygens (including phenoxy) is 3. The van der Waals surface area contributed by atoms with Crippen molar-refractivity contribution in [2.45, 2.75) is 39.1 Å². The first-order valence-electron chi connectivity index (χ1n) is 9.83. The second-order valence-corrected chi connectivity index (χ2v) is 7.08. The van der Waals surface area contributed by atoms with Crippen LogP contribution in [0.2, 0.25) is 0 Å². The number of hydrogen-bond donors (Lipinski definition) is 0. The van der Waals surface area contributed by atoms with E-state index in [2.05, 4.69) is 4.98 Å². The van der Waals surface area contributed by atoms with Crippen LogP contribution in [0.3, 0.4) is 0 Å². The third-order valence-electron chi connectivity index (χ3n) is 4.79. The predicted octanol–water partition coefficient (Wildman–Crippen LogP) is 4.03. The van der Waals surface area contributed by atoms with E-state index in [1.54, 1.807) is 23.0 Å². The Kier molecular flexibility index (Phi) is 5.91. The van der Waals surface area contributed by atoms with Gasteiger partial charge in [-0.3, -0.25) is 14.3 Å². The number of aryl methyl sites for hydroxylation is 1. The number of hydrogen-bond acceptors (Lipinski definition) is 5. The van der Waals surface area contributed by atoms with Crippen LogP contribution in [-0.4, -0.2) is 22.4 Å². The van der Waals surface area contributed by atoms with E-state index in [0.717, 1.165) is 48.6 Å². The first-order valence-corrected chi connectivity index (χ1v) is 9.83. The summed E-state index contributed by atoms with van der Waals surface area (Å²) in [7, 11) is 0. The molecule has 0 spiro atoms. The van der Waals surface area contributed by atoms with Crippen molar-refractivity contribution < 1.29 is 14.2 Å². The highest BCUT2D eigenvalue weighted by Gasteiger charge is 2.15. The zero-order valence-corrected chi connectivity index (χ0v) is 16.4. The SMILES string of the molecule is Cc1ccc(COc2ccn(-c3ccc(OC4CCCCO4)cc3)c(=O)c2)cn1. The summed E-state index contributed by atoms with van der Waals surface area (Å²) >= 11 is 0. The monoisotopic (exact) mass is 392 g/mol. The summed E-state index contributed by atoms with van der Waals surface area (Å²) in [6, 6.07) is 14.6. The van der Waals surface area contributed by atoms with Gasteiger partial charge in [0.15, 0.2) is 6.29 Å². The highest BCUT2D eigenvalue weighted by Crippen LogP contribution is 2.21. The Morgan fingerprint density at radius 1 is 1.10 bits per heavy atom. The fourth-order valence-corrected chi connectivity index (χ4v) is 3.16. The summed E-state index contributed by atoms with van der Waals surface area (Å²) in [5.74, 6) is 1.27. The fraction of sp³-hybridized carbons (Fsp3) is 0.304. The third-order valence-corrected chi connectivity index (χ3v) is 4.79. The van der Waals surface area contributed by atoms with E-state index in [1.165, 1.54) is 6.07 Å². The zero-order chi connectivity index (χ0) is 20.1. The van der Waals surface area contributed by atoms with Crippen molar-refractivity contribution in [2.24, 2.45) is 0 Å². The van der Waals surface area contributed by atoms with E-state index in [9.17, 15) is 4.79 Å². The van der Waals surface area contributed by atoms with Gasteiger partial charge in [-0.2, -0.15) is 0 Å². The molecular formula is C23H24N2O4. The summed E-state index contributed by atoms with van der Waals surface area (Å²) in [6.07, 6.45) is 6.42. The van der Waals surface area contributed by atoms with Gasteiger partial charge in [-0.25, -0.2) is 0 Å². The van der Waals surface area contributed by atoms with Gasteiger partial charge in [0.25, 0.3) is 5.56 Å². The van der Waals surface area contributed by atoms with Gasteiger partial charge in [0.05, 0.1) is 6.61 Å². The minimum Gasteiger partial charge on any atom is -0.489 e. The van der Waals surface area contributed by atoms with E-state index in [-0.39, 0.29) is 11.8 Å². The van der Waals surface area contributed by atoms with E-state index in [1.807, 2.05) is 43.3 Å². The maximum absolute atomic E-state index is 12.5. The molecule has 0 N–H and O–H groups in total. The molecule has 2 aromatic heterocycles. The normalized spacial score (nSPS) is 16.4. The summed E-state index contributed by atoms with van der Waals surface area (Å²) < 4.78 is 18.7. The van der Waals surface area contributed by atoms with E-state index < -0.39 is 0 Å². The zero-order valence-electron chi connectivity index (χ0n) is 16.4. The van der Waals surface area contributed by atoms with Crippen LogP contribution in [0.4, 0.5) is 0 Å². The molecule has 3 aromatic rings. The van der Waals surface area contributed by atoms with Gasteiger partial charge < -0.3 is 14.2 Å². The minimum absolute atomic E-state index is 0.159. The molecular weight excluding hydrogens is 368 g/mol. The van der Waals surface area contributed by atoms with Crippen LogP contribution < -0.4 is 15.0 Å². The number of pyridine rings is 2. The molecule has 6 nitrogen and oxygen atoms in total. The molecule has 3 heterocycles. The van der Waals surface area contributed by atoms with Gasteiger partial charge in [-0.05, 0) is 56.2 Å². The second kappa shape index (κ2) is 8.92. The topological polar surface area (TPSA) is 62.6 Å². The van der Waals surface area contributed by atoms with Crippen molar-refractivity contribution in [3.8, 4) is 17.2 Å². The maximum Gasteiger partial charge on any atom is 0.258 e. The highest BCUT2D eigenvalue weighted by molar-refractivity contribution is 5.38. The average Bonchev–Trinajstić information content (AvgIpc) is 2.75. The molecule has 4 rings (SSSR count). The lowest BCUT2D eigenvalue weighted by Crippen LogP contribution is -2.25. The molecule has 1 aromatic carbocycles. The van der Waals surface area contributed by atoms with Crippen LogP contribution in [0.25, 0.3) is 5.69 Å². The van der Waals surface area contributed by atoms with Gasteiger partial charge in [-0.1, -0.05) is 6.07 Å². The molecule has 0 radical (unpaired) electrons. The van der Waals surface area contributed by atoms with Crippen LogP contribution >= 0.6 is 0 Å². The van der Waals surface area contributed by atoms with Crippen molar-refractivity contribution in [2.75, 3.05) is 6.61 Å². The van der Waals surface area contributed by atoms with Gasteiger partial charge >= 0.3 is 0 Å². The van der Waals surface area contributed by atoms with E-state index >= 15 is 0 Å². The standard InChI is InChI=1S/C23H24N2O4/c1-17-5-6-18(15-24-17)16-28-21-11-12-25(22(26)14-21)19-7-9-20(10-8-19)29-23-4-2-3-13-27-23/h5-12,14-15,23H,2-4,13,16H2,1H3. The second-order valence-electron chi connectivity index (χ2n) is 7.08. The lowest BCUT2D eigenvalue weighted by Gasteiger charge is -2.23. The molecule has 1 unspecified atom stereocenters. The Morgan fingerprint density at radius 2 is 1.97 bits per heavy atom. The molecule has 150 valence electrons. The molecule has 1 aliphatic rings. The Bertz CT molecular complexity index is 991. The molecule has 0 amide bonds. The molecule has 0 bridgehead atoms. The van der Waals surface area contributed by atoms with Gasteiger partial charge in [0.1, 0.15) is 18.1 Å². The van der Waals surface area contributed by atoms with Gasteiger partial charge in [0.2, 0.25) is 0 Å². The number of rotatable bonds is 6. The molecule has 29 heavy (non-hydrogen) atoms. The summed E-state index contributed by atoms with van der Waals surface area (Å²) in [5.41, 5.74) is 2.52. The van der Waals surface area contributed by atoms with Crippen molar-refractivity contribution in [1.82, 2.24) is 9.55 Å².